The third-order valence-electron chi connectivity index (χ3n) is 7.77. The molecule has 1 aliphatic carbocycles. The van der Waals surface area contributed by atoms with Crippen LogP contribution < -0.4 is 10.6 Å². The number of nitrogens with one attached hydrogen (secondary N) is 2. The highest BCUT2D eigenvalue weighted by Gasteiger charge is 2.39. The molecule has 41 heavy (non-hydrogen) atoms. The van der Waals surface area contributed by atoms with Crippen molar-refractivity contribution in [2.45, 2.75) is 88.9 Å². The Bertz CT molecular complexity index is 959. The zero-order valence-electron chi connectivity index (χ0n) is 24.3. The van der Waals surface area contributed by atoms with Crippen LogP contribution in [0.5, 0.6) is 0 Å². The van der Waals surface area contributed by atoms with Crippen molar-refractivity contribution in [2.75, 3.05) is 30.3 Å². The molecule has 0 spiro atoms. The summed E-state index contributed by atoms with van der Waals surface area (Å²) in [5, 5.41) is 5.94. The van der Waals surface area contributed by atoms with Crippen LogP contribution in [0.15, 0.2) is 30.3 Å². The topological polar surface area (TPSA) is 91.0 Å². The van der Waals surface area contributed by atoms with Crippen LogP contribution in [0.2, 0.25) is 0 Å². The van der Waals surface area contributed by atoms with Crippen molar-refractivity contribution in [3.63, 3.8) is 0 Å². The van der Waals surface area contributed by atoms with Gasteiger partial charge in [0.15, 0.2) is 5.37 Å². The summed E-state index contributed by atoms with van der Waals surface area (Å²) in [5.74, 6) is 2.47. The minimum Gasteiger partial charge on any atom is -0.447 e. The van der Waals surface area contributed by atoms with Gasteiger partial charge in [0.1, 0.15) is 6.04 Å². The molecule has 3 fully saturated rings. The van der Waals surface area contributed by atoms with Crippen molar-refractivity contribution in [3.8, 4) is 0 Å². The van der Waals surface area contributed by atoms with E-state index >= 15 is 0 Å². The van der Waals surface area contributed by atoms with Gasteiger partial charge in [0.05, 0.1) is 12.6 Å². The summed E-state index contributed by atoms with van der Waals surface area (Å²) in [5.41, 5.74) is 1.26. The summed E-state index contributed by atoms with van der Waals surface area (Å²) < 4.78 is 5.33. The fourth-order valence-electron chi connectivity index (χ4n) is 5.53. The molecule has 11 heteroatoms. The van der Waals surface area contributed by atoms with Crippen molar-refractivity contribution < 1.29 is 19.1 Å². The van der Waals surface area contributed by atoms with E-state index in [0.717, 1.165) is 25.1 Å². The van der Waals surface area contributed by atoms with E-state index in [2.05, 4.69) is 22.8 Å². The minimum atomic E-state index is -0.724. The van der Waals surface area contributed by atoms with E-state index in [1.165, 1.54) is 54.3 Å². The summed E-state index contributed by atoms with van der Waals surface area (Å²) in [6, 6.07) is 10.1. The Labute approximate surface area is 260 Å². The van der Waals surface area contributed by atoms with Crippen LogP contribution in [-0.2, 0) is 20.9 Å². The summed E-state index contributed by atoms with van der Waals surface area (Å²) in [4.78, 5) is 42.9. The van der Waals surface area contributed by atoms with Gasteiger partial charge in [-0.05, 0) is 56.8 Å². The molecular weight excluding hydrogens is 580 g/mol. The first-order chi connectivity index (χ1) is 19.4. The average Bonchev–Trinajstić information content (AvgIpc) is 3.47. The summed E-state index contributed by atoms with van der Waals surface area (Å²) >= 11 is 3.14. The van der Waals surface area contributed by atoms with Crippen LogP contribution in [0.4, 0.5) is 4.79 Å². The van der Waals surface area contributed by atoms with E-state index in [1.54, 1.807) is 32.2 Å². The lowest BCUT2D eigenvalue weighted by atomic mass is 9.91. The van der Waals surface area contributed by atoms with Crippen LogP contribution in [0.25, 0.3) is 0 Å². The van der Waals surface area contributed by atoms with Gasteiger partial charge < -0.3 is 20.3 Å². The number of amides is 3. The number of carbonyl (C=O) groups excluding carboxylic acids is 3. The number of likely N-dealkylation sites (tertiary alicyclic amines) is 1. The highest BCUT2D eigenvalue weighted by Crippen LogP contribution is 2.29. The van der Waals surface area contributed by atoms with Gasteiger partial charge in [-0.1, -0.05) is 49.6 Å². The quantitative estimate of drug-likeness (QED) is 0.355. The number of carbonyl (C=O) groups is 3. The number of piperidine rings is 1. The first kappa shape index (κ1) is 33.9. The number of hydrogen-bond acceptors (Lipinski definition) is 7. The van der Waals surface area contributed by atoms with Crippen LogP contribution >= 0.6 is 35.9 Å². The van der Waals surface area contributed by atoms with Crippen LogP contribution in [0.1, 0.15) is 64.4 Å². The fourth-order valence-corrected chi connectivity index (χ4v) is 7.78. The largest absolute Gasteiger partial charge is 0.447 e. The summed E-state index contributed by atoms with van der Waals surface area (Å²) in [6.07, 6.45) is 7.37. The molecular formula is C30H46ClN4O4S2. The fraction of sp³-hybridized carbons (Fsp3) is 0.667. The van der Waals surface area contributed by atoms with Gasteiger partial charge in [-0.3, -0.25) is 14.5 Å². The van der Waals surface area contributed by atoms with Crippen LogP contribution in [-0.4, -0.2) is 81.6 Å². The SMILES string of the molecule is CC(C)OC(=O)N1[CH]CSC1C(=O)N[C@@H](CSCC1CCCCC1)C(=O)N1CCC(NCc2ccccc2)CC1.Cl. The van der Waals surface area contributed by atoms with E-state index in [4.69, 9.17) is 4.74 Å². The minimum absolute atomic E-state index is 0. The van der Waals surface area contributed by atoms with Gasteiger partial charge in [-0.25, -0.2) is 4.79 Å². The molecule has 2 atom stereocenters. The van der Waals surface area contributed by atoms with Gasteiger partial charge in [0.25, 0.3) is 5.91 Å². The molecule has 8 nitrogen and oxygen atoms in total. The molecule has 2 saturated heterocycles. The molecule has 1 saturated carbocycles. The normalized spacial score (nSPS) is 20.9. The molecule has 3 amide bonds. The molecule has 1 aromatic rings. The Hall–Kier alpha value is -1.62. The molecule has 2 N–H and O–H groups in total. The lowest BCUT2D eigenvalue weighted by Gasteiger charge is -2.35. The third kappa shape index (κ3) is 10.6. The Morgan fingerprint density at radius 2 is 1.76 bits per heavy atom. The first-order valence-corrected chi connectivity index (χ1v) is 17.0. The van der Waals surface area contributed by atoms with Crippen molar-refractivity contribution in [2.24, 2.45) is 5.92 Å². The van der Waals surface area contributed by atoms with Crippen LogP contribution in [0, 0.1) is 12.5 Å². The summed E-state index contributed by atoms with van der Waals surface area (Å²) in [7, 11) is 0. The van der Waals surface area contributed by atoms with E-state index in [1.807, 2.05) is 23.1 Å². The van der Waals surface area contributed by atoms with E-state index in [0.29, 0.717) is 36.6 Å². The number of ether oxygens (including phenoxy) is 1. The number of halogens is 1. The monoisotopic (exact) mass is 625 g/mol. The zero-order valence-corrected chi connectivity index (χ0v) is 26.7. The van der Waals surface area contributed by atoms with E-state index in [-0.39, 0.29) is 30.3 Å². The van der Waals surface area contributed by atoms with Crippen molar-refractivity contribution in [3.05, 3.63) is 42.4 Å². The smallest absolute Gasteiger partial charge is 0.411 e. The molecule has 2 heterocycles. The Kier molecular flexibility index (Phi) is 14.4. The number of thioether (sulfide) groups is 2. The second-order valence-electron chi connectivity index (χ2n) is 11.3. The number of hydrogen-bond donors (Lipinski definition) is 2. The maximum Gasteiger partial charge on any atom is 0.411 e. The van der Waals surface area contributed by atoms with Gasteiger partial charge in [0.2, 0.25) is 5.91 Å². The number of rotatable bonds is 11. The second-order valence-corrected chi connectivity index (χ2v) is 13.5. The molecule has 1 unspecified atom stereocenters. The van der Waals surface area contributed by atoms with Gasteiger partial charge in [0, 0.05) is 37.2 Å². The molecule has 3 aliphatic rings. The first-order valence-electron chi connectivity index (χ1n) is 14.8. The standard InChI is InChI=1S/C30H45N4O4S2.ClH/c1-22(2)38-30(37)34-17-18-40-29(34)27(35)32-26(21-39-20-24-11-7-4-8-12-24)28(36)33-15-13-25(14-16-33)31-19-23-9-5-3-6-10-23;/h3,5-6,9-10,17,22,24-26,29,31H,4,7-8,11-16,18-21H2,1-2H3,(H,32,35);1H/t26-,29?;/m0./s1. The predicted octanol–water partition coefficient (Wildman–Crippen LogP) is 5.07. The Morgan fingerprint density at radius 3 is 2.44 bits per heavy atom. The van der Waals surface area contributed by atoms with Crippen molar-refractivity contribution >= 4 is 53.8 Å². The predicted molar refractivity (Wildman–Crippen MR) is 170 cm³/mol. The zero-order chi connectivity index (χ0) is 28.3. The lowest BCUT2D eigenvalue weighted by Crippen LogP contribution is -2.56. The maximum atomic E-state index is 13.7. The highest BCUT2D eigenvalue weighted by atomic mass is 35.5. The lowest BCUT2D eigenvalue weighted by molar-refractivity contribution is -0.137. The van der Waals surface area contributed by atoms with Crippen LogP contribution in [0.3, 0.4) is 0 Å². The number of nitrogens with zero attached hydrogens (tertiary/aromatic N) is 2. The molecule has 0 bridgehead atoms. The van der Waals surface area contributed by atoms with Gasteiger partial charge in [-0.15, -0.1) is 24.2 Å². The third-order valence-corrected chi connectivity index (χ3v) is 10.1. The Morgan fingerprint density at radius 1 is 1.05 bits per heavy atom. The second kappa shape index (κ2) is 17.5. The molecule has 4 rings (SSSR count). The molecule has 1 radical (unpaired) electrons. The maximum absolute atomic E-state index is 13.7. The molecule has 2 aliphatic heterocycles. The number of benzene rings is 1. The van der Waals surface area contributed by atoms with E-state index in [9.17, 15) is 14.4 Å². The average molecular weight is 626 g/mol. The Balaban J connectivity index is 0.00000462. The highest BCUT2D eigenvalue weighted by molar-refractivity contribution is 8.01. The van der Waals surface area contributed by atoms with Gasteiger partial charge >= 0.3 is 6.09 Å². The van der Waals surface area contributed by atoms with Gasteiger partial charge in [-0.2, -0.15) is 11.8 Å². The van der Waals surface area contributed by atoms with E-state index < -0.39 is 17.5 Å². The summed E-state index contributed by atoms with van der Waals surface area (Å²) in [6.45, 7) is 7.43. The molecule has 1 aromatic carbocycles. The van der Waals surface area contributed by atoms with Crippen molar-refractivity contribution in [1.29, 1.82) is 0 Å². The molecule has 0 aromatic heterocycles. The van der Waals surface area contributed by atoms with Crippen molar-refractivity contribution in [1.82, 2.24) is 20.4 Å². The molecule has 229 valence electrons.